The number of rotatable bonds is 6. The van der Waals surface area contributed by atoms with Gasteiger partial charge in [0.1, 0.15) is 0 Å². The maximum Gasteiger partial charge on any atom is 0.252 e. The van der Waals surface area contributed by atoms with Crippen LogP contribution in [-0.4, -0.2) is 21.8 Å². The van der Waals surface area contributed by atoms with Gasteiger partial charge in [-0.05, 0) is 42.0 Å². The topological polar surface area (TPSA) is 84.0 Å². The fraction of sp³-hybridized carbons (Fsp3) is 0.154. The van der Waals surface area contributed by atoms with Gasteiger partial charge in [0.05, 0.1) is 16.8 Å². The highest BCUT2D eigenvalue weighted by Crippen LogP contribution is 2.24. The molecular formula is C26H24N4O2. The number of benzene rings is 2. The summed E-state index contributed by atoms with van der Waals surface area (Å²) >= 11 is 0. The fourth-order valence-corrected chi connectivity index (χ4v) is 3.30. The Labute approximate surface area is 186 Å². The van der Waals surface area contributed by atoms with E-state index in [4.69, 9.17) is 4.98 Å². The van der Waals surface area contributed by atoms with Crippen molar-refractivity contribution >= 4 is 28.4 Å². The smallest absolute Gasteiger partial charge is 0.252 e. The average molecular weight is 425 g/mol. The van der Waals surface area contributed by atoms with E-state index in [1.807, 2.05) is 80.6 Å². The van der Waals surface area contributed by atoms with Crippen LogP contribution in [0.2, 0.25) is 0 Å². The van der Waals surface area contributed by atoms with E-state index in [2.05, 4.69) is 15.6 Å². The zero-order valence-electron chi connectivity index (χ0n) is 18.0. The van der Waals surface area contributed by atoms with Crippen LogP contribution in [-0.2, 0) is 11.3 Å². The van der Waals surface area contributed by atoms with Crippen molar-refractivity contribution in [2.45, 2.75) is 20.4 Å². The van der Waals surface area contributed by atoms with Gasteiger partial charge in [-0.3, -0.25) is 14.6 Å². The van der Waals surface area contributed by atoms with Crippen LogP contribution in [0, 0.1) is 5.92 Å². The Hall–Kier alpha value is -4.06. The Morgan fingerprint density at radius 2 is 1.66 bits per heavy atom. The monoisotopic (exact) mass is 424 g/mol. The van der Waals surface area contributed by atoms with Gasteiger partial charge in [0.2, 0.25) is 5.91 Å². The highest BCUT2D eigenvalue weighted by atomic mass is 16.2. The van der Waals surface area contributed by atoms with Crippen LogP contribution in [0.25, 0.3) is 22.2 Å². The molecule has 2 aromatic heterocycles. The number of anilines is 1. The van der Waals surface area contributed by atoms with E-state index in [0.29, 0.717) is 12.1 Å². The Balaban J connectivity index is 1.53. The normalized spacial score (nSPS) is 10.8. The molecule has 0 atom stereocenters. The van der Waals surface area contributed by atoms with Crippen molar-refractivity contribution in [1.82, 2.24) is 15.3 Å². The largest absolute Gasteiger partial charge is 0.348 e. The summed E-state index contributed by atoms with van der Waals surface area (Å²) in [4.78, 5) is 33.7. The lowest BCUT2D eigenvalue weighted by Gasteiger charge is -2.11. The van der Waals surface area contributed by atoms with Gasteiger partial charge in [-0.2, -0.15) is 0 Å². The van der Waals surface area contributed by atoms with E-state index >= 15 is 0 Å². The second-order valence-electron chi connectivity index (χ2n) is 7.83. The van der Waals surface area contributed by atoms with Gasteiger partial charge in [0.15, 0.2) is 0 Å². The van der Waals surface area contributed by atoms with E-state index in [-0.39, 0.29) is 17.7 Å². The number of nitrogens with zero attached hydrogens (tertiary/aromatic N) is 2. The van der Waals surface area contributed by atoms with Crippen molar-refractivity contribution in [2.24, 2.45) is 5.92 Å². The van der Waals surface area contributed by atoms with Crippen molar-refractivity contribution in [2.75, 3.05) is 5.32 Å². The lowest BCUT2D eigenvalue weighted by molar-refractivity contribution is -0.118. The second kappa shape index (κ2) is 9.39. The molecule has 4 rings (SSSR count). The molecule has 4 aromatic rings. The molecule has 0 fully saturated rings. The third-order valence-electron chi connectivity index (χ3n) is 5.14. The molecule has 6 nitrogen and oxygen atoms in total. The molecular weight excluding hydrogens is 400 g/mol. The summed E-state index contributed by atoms with van der Waals surface area (Å²) in [6.07, 6.45) is 3.42. The minimum atomic E-state index is -0.170. The fourth-order valence-electron chi connectivity index (χ4n) is 3.30. The summed E-state index contributed by atoms with van der Waals surface area (Å²) in [6.45, 7) is 4.07. The lowest BCUT2D eigenvalue weighted by atomic mass is 10.0. The Morgan fingerprint density at radius 1 is 0.938 bits per heavy atom. The number of carbonyl (C=O) groups excluding carboxylic acids is 2. The van der Waals surface area contributed by atoms with E-state index in [9.17, 15) is 9.59 Å². The van der Waals surface area contributed by atoms with Gasteiger partial charge in [-0.15, -0.1) is 0 Å². The van der Waals surface area contributed by atoms with Crippen LogP contribution < -0.4 is 10.6 Å². The molecule has 0 saturated heterocycles. The Kier molecular flexibility index (Phi) is 6.22. The van der Waals surface area contributed by atoms with E-state index in [1.165, 1.54) is 0 Å². The maximum atomic E-state index is 13.1. The zero-order valence-corrected chi connectivity index (χ0v) is 18.0. The molecule has 0 aliphatic heterocycles. The SMILES string of the molecule is CC(C)C(=O)Nc1ccc(CNC(=O)c2cc(-c3ccncc3)nc3ccccc23)cc1. The van der Waals surface area contributed by atoms with E-state index in [1.54, 1.807) is 12.4 Å². The van der Waals surface area contributed by atoms with Crippen LogP contribution >= 0.6 is 0 Å². The molecule has 0 radical (unpaired) electrons. The zero-order chi connectivity index (χ0) is 22.5. The number of hydrogen-bond acceptors (Lipinski definition) is 4. The number of hydrogen-bond donors (Lipinski definition) is 2. The van der Waals surface area contributed by atoms with Gasteiger partial charge in [-0.1, -0.05) is 44.2 Å². The van der Waals surface area contributed by atoms with E-state index in [0.717, 1.165) is 33.4 Å². The second-order valence-corrected chi connectivity index (χ2v) is 7.83. The number of fused-ring (bicyclic) bond motifs is 1. The van der Waals surface area contributed by atoms with Crippen LogP contribution in [0.15, 0.2) is 79.1 Å². The van der Waals surface area contributed by atoms with E-state index < -0.39 is 0 Å². The molecule has 0 saturated carbocycles. The summed E-state index contributed by atoms with van der Waals surface area (Å²) in [5, 5.41) is 6.66. The van der Waals surface area contributed by atoms with Crippen molar-refractivity contribution in [3.05, 3.63) is 90.3 Å². The van der Waals surface area contributed by atoms with Crippen LogP contribution in [0.3, 0.4) is 0 Å². The predicted octanol–water partition coefficient (Wildman–Crippen LogP) is 4.82. The third-order valence-corrected chi connectivity index (χ3v) is 5.14. The number of amides is 2. The minimum absolute atomic E-state index is 0.0272. The molecule has 32 heavy (non-hydrogen) atoms. The number of para-hydroxylation sites is 1. The van der Waals surface area contributed by atoms with Gasteiger partial charge in [0, 0.05) is 41.5 Å². The molecule has 6 heteroatoms. The summed E-state index contributed by atoms with van der Waals surface area (Å²) in [7, 11) is 0. The minimum Gasteiger partial charge on any atom is -0.348 e. The third kappa shape index (κ3) is 4.81. The first kappa shape index (κ1) is 21.2. The van der Waals surface area contributed by atoms with Gasteiger partial charge < -0.3 is 10.6 Å². The number of nitrogens with one attached hydrogen (secondary N) is 2. The Morgan fingerprint density at radius 3 is 2.38 bits per heavy atom. The van der Waals surface area contributed by atoms with Crippen LogP contribution in [0.4, 0.5) is 5.69 Å². The standard InChI is InChI=1S/C26H24N4O2/c1-17(2)25(31)29-20-9-7-18(8-10-20)16-28-26(32)22-15-24(19-11-13-27-14-12-19)30-23-6-4-3-5-21(22)23/h3-15,17H,16H2,1-2H3,(H,28,32)(H,29,31). The molecule has 0 spiro atoms. The summed E-state index contributed by atoms with van der Waals surface area (Å²) < 4.78 is 0. The quantitative estimate of drug-likeness (QED) is 0.465. The molecule has 2 heterocycles. The van der Waals surface area contributed by atoms with Gasteiger partial charge >= 0.3 is 0 Å². The predicted molar refractivity (Wildman–Crippen MR) is 126 cm³/mol. The molecule has 0 unspecified atom stereocenters. The van der Waals surface area contributed by atoms with Crippen molar-refractivity contribution in [3.8, 4) is 11.3 Å². The van der Waals surface area contributed by atoms with Crippen molar-refractivity contribution in [1.29, 1.82) is 0 Å². The molecule has 160 valence electrons. The first-order chi connectivity index (χ1) is 15.5. The molecule has 0 bridgehead atoms. The first-order valence-corrected chi connectivity index (χ1v) is 10.5. The number of aromatic nitrogens is 2. The first-order valence-electron chi connectivity index (χ1n) is 10.5. The molecule has 2 aromatic carbocycles. The van der Waals surface area contributed by atoms with Crippen LogP contribution in [0.5, 0.6) is 0 Å². The summed E-state index contributed by atoms with van der Waals surface area (Å²) in [5.74, 6) is -0.280. The van der Waals surface area contributed by atoms with Crippen molar-refractivity contribution < 1.29 is 9.59 Å². The highest BCUT2D eigenvalue weighted by Gasteiger charge is 2.14. The van der Waals surface area contributed by atoms with Crippen LogP contribution in [0.1, 0.15) is 29.8 Å². The summed E-state index contributed by atoms with van der Waals surface area (Å²) in [5.41, 5.74) is 4.63. The maximum absolute atomic E-state index is 13.1. The molecule has 0 aliphatic carbocycles. The van der Waals surface area contributed by atoms with Crippen molar-refractivity contribution in [3.63, 3.8) is 0 Å². The Bertz CT molecular complexity index is 1250. The number of carbonyl (C=O) groups is 2. The summed E-state index contributed by atoms with van der Waals surface area (Å²) in [6, 6.07) is 20.6. The highest BCUT2D eigenvalue weighted by molar-refractivity contribution is 6.07. The average Bonchev–Trinajstić information content (AvgIpc) is 2.83. The molecule has 2 amide bonds. The molecule has 2 N–H and O–H groups in total. The van der Waals surface area contributed by atoms with Gasteiger partial charge in [-0.25, -0.2) is 4.98 Å². The molecule has 0 aliphatic rings. The lowest BCUT2D eigenvalue weighted by Crippen LogP contribution is -2.23. The van der Waals surface area contributed by atoms with Gasteiger partial charge in [0.25, 0.3) is 5.91 Å². The number of pyridine rings is 2.